The Balaban J connectivity index is 1.56. The molecule has 5 rings (SSSR count). The van der Waals surface area contributed by atoms with Crippen molar-refractivity contribution >= 4 is 30.8 Å². The summed E-state index contributed by atoms with van der Waals surface area (Å²) in [5, 5.41) is 13.2. The highest BCUT2D eigenvalue weighted by Crippen LogP contribution is 2.43. The maximum atomic E-state index is 14.5. The minimum absolute atomic E-state index is 0.142. The molecule has 0 spiro atoms. The van der Waals surface area contributed by atoms with Crippen molar-refractivity contribution in [2.45, 2.75) is 72.4 Å². The summed E-state index contributed by atoms with van der Waals surface area (Å²) in [6.07, 6.45) is -1.56. The van der Waals surface area contributed by atoms with Crippen molar-refractivity contribution in [2.24, 2.45) is 10.4 Å². The van der Waals surface area contributed by atoms with Crippen molar-refractivity contribution in [1.82, 2.24) is 9.55 Å². The first-order valence-electron chi connectivity index (χ1n) is 16.1. The second-order valence-corrected chi connectivity index (χ2v) is 20.0. The largest absolute Gasteiger partial charge is 0.490 e. The Bertz CT molecular complexity index is 1890. The van der Waals surface area contributed by atoms with Gasteiger partial charge in [0.15, 0.2) is 0 Å². The first-order valence-corrected chi connectivity index (χ1v) is 19.8. The van der Waals surface area contributed by atoms with Crippen molar-refractivity contribution < 1.29 is 32.1 Å². The molecule has 1 N–H and O–H groups in total. The zero-order chi connectivity index (χ0) is 35.6. The SMILES string of the molecule is CC(C)Oc1ccc(-c2cn(COCC[Si](C)(C)C)c3nccc(Oc4ccc(NC5=NCC(C)(C)CO5)cc4C(F)(F)F)c23)cc1C#N. The van der Waals surface area contributed by atoms with Crippen LogP contribution >= 0.6 is 0 Å². The van der Waals surface area contributed by atoms with Gasteiger partial charge in [-0.3, -0.25) is 0 Å². The van der Waals surface area contributed by atoms with E-state index in [-0.39, 0.29) is 41.5 Å². The van der Waals surface area contributed by atoms with Crippen molar-refractivity contribution in [3.63, 3.8) is 0 Å². The van der Waals surface area contributed by atoms with Gasteiger partial charge in [-0.15, -0.1) is 0 Å². The van der Waals surface area contributed by atoms with Gasteiger partial charge in [-0.2, -0.15) is 18.4 Å². The van der Waals surface area contributed by atoms with Gasteiger partial charge in [0.05, 0.1) is 30.2 Å². The molecule has 0 atom stereocenters. The number of pyridine rings is 1. The van der Waals surface area contributed by atoms with E-state index in [9.17, 15) is 18.4 Å². The summed E-state index contributed by atoms with van der Waals surface area (Å²) in [6.45, 7) is 16.1. The van der Waals surface area contributed by atoms with E-state index in [1.807, 2.05) is 33.9 Å². The normalized spacial score (nSPS) is 14.7. The first-order chi connectivity index (χ1) is 23.0. The number of ether oxygens (including phenoxy) is 4. The van der Waals surface area contributed by atoms with Crippen LogP contribution in [0, 0.1) is 16.7 Å². The van der Waals surface area contributed by atoms with Crippen LogP contribution in [0.5, 0.6) is 17.2 Å². The predicted molar refractivity (Wildman–Crippen MR) is 187 cm³/mol. The van der Waals surface area contributed by atoms with Gasteiger partial charge in [-0.25, -0.2) is 9.98 Å². The summed E-state index contributed by atoms with van der Waals surface area (Å²) in [5.41, 5.74) is 1.06. The molecule has 9 nitrogen and oxygen atoms in total. The zero-order valence-electron chi connectivity index (χ0n) is 28.9. The number of anilines is 1. The Hall–Kier alpha value is -4.54. The van der Waals surface area contributed by atoms with Gasteiger partial charge in [0, 0.05) is 43.7 Å². The molecule has 2 aromatic heterocycles. The van der Waals surface area contributed by atoms with E-state index in [0.717, 1.165) is 12.1 Å². The molecule has 13 heteroatoms. The van der Waals surface area contributed by atoms with Crippen LogP contribution < -0.4 is 14.8 Å². The number of alkyl halides is 3. The summed E-state index contributed by atoms with van der Waals surface area (Å²) in [6, 6.07) is 13.8. The average molecular weight is 694 g/mol. The Morgan fingerprint density at radius 1 is 1.08 bits per heavy atom. The lowest BCUT2D eigenvalue weighted by molar-refractivity contribution is -0.138. The second-order valence-electron chi connectivity index (χ2n) is 14.4. The maximum absolute atomic E-state index is 14.5. The second kappa shape index (κ2) is 14.1. The first kappa shape index (κ1) is 35.8. The highest BCUT2D eigenvalue weighted by Gasteiger charge is 2.36. The van der Waals surface area contributed by atoms with E-state index < -0.39 is 19.8 Å². The van der Waals surface area contributed by atoms with Gasteiger partial charge in [-0.1, -0.05) is 39.6 Å². The Labute approximate surface area is 285 Å². The van der Waals surface area contributed by atoms with E-state index in [2.05, 4.69) is 41.0 Å². The standard InChI is InChI=1S/C36H42F3N5O4Si/c1-23(2)47-29-10-8-24(16-25(29)18-40)27-19-44(22-45-14-15-49(5,6)7)33-32(27)31(12-13-41-33)48-30-11-9-26(17-28(30)36(37,38)39)43-34-42-20-35(3,4)21-46-34/h8-13,16-17,19,23H,14-15,20-22H2,1-7H3,(H,42,43). The van der Waals surface area contributed by atoms with Gasteiger partial charge in [0.25, 0.3) is 6.02 Å². The van der Waals surface area contributed by atoms with Gasteiger partial charge < -0.3 is 28.8 Å². The number of hydrogen-bond donors (Lipinski definition) is 1. The minimum atomic E-state index is -4.73. The Morgan fingerprint density at radius 2 is 1.84 bits per heavy atom. The number of aliphatic imine (C=N–C) groups is 1. The maximum Gasteiger partial charge on any atom is 0.420 e. The summed E-state index contributed by atoms with van der Waals surface area (Å²) < 4.78 is 68.9. The Morgan fingerprint density at radius 3 is 2.49 bits per heavy atom. The number of benzene rings is 2. The zero-order valence-corrected chi connectivity index (χ0v) is 29.9. The molecule has 260 valence electrons. The summed E-state index contributed by atoms with van der Waals surface area (Å²) in [5.74, 6) is 0.211. The monoisotopic (exact) mass is 693 g/mol. The highest BCUT2D eigenvalue weighted by molar-refractivity contribution is 6.76. The molecule has 0 amide bonds. The fourth-order valence-electron chi connectivity index (χ4n) is 5.15. The lowest BCUT2D eigenvalue weighted by Gasteiger charge is -2.28. The molecule has 0 fully saturated rings. The summed E-state index contributed by atoms with van der Waals surface area (Å²) in [7, 11) is -1.34. The fraction of sp³-hybridized carbons (Fsp3) is 0.417. The van der Waals surface area contributed by atoms with Crippen LogP contribution in [0.25, 0.3) is 22.2 Å². The average Bonchev–Trinajstić information content (AvgIpc) is 3.39. The lowest BCUT2D eigenvalue weighted by atomic mass is 9.95. The lowest BCUT2D eigenvalue weighted by Crippen LogP contribution is -2.33. The summed E-state index contributed by atoms with van der Waals surface area (Å²) >= 11 is 0. The molecular weight excluding hydrogens is 652 g/mol. The molecular formula is C36H42F3N5O4Si. The van der Waals surface area contributed by atoms with Crippen LogP contribution in [0.1, 0.15) is 38.8 Å². The van der Waals surface area contributed by atoms with E-state index >= 15 is 0 Å². The number of nitrogens with zero attached hydrogens (tertiary/aromatic N) is 4. The van der Waals surface area contributed by atoms with Gasteiger partial charge in [0.2, 0.25) is 0 Å². The van der Waals surface area contributed by atoms with Crippen LogP contribution in [0.15, 0.2) is 59.9 Å². The van der Waals surface area contributed by atoms with Gasteiger partial charge >= 0.3 is 6.18 Å². The predicted octanol–water partition coefficient (Wildman–Crippen LogP) is 9.31. The van der Waals surface area contributed by atoms with Crippen molar-refractivity contribution in [2.75, 3.05) is 25.1 Å². The van der Waals surface area contributed by atoms with Crippen LogP contribution in [0.2, 0.25) is 25.7 Å². The van der Waals surface area contributed by atoms with Gasteiger partial charge in [-0.05, 0) is 61.9 Å². The molecule has 4 aromatic rings. The number of halogens is 3. The quantitative estimate of drug-likeness (QED) is 0.123. The van der Waals surface area contributed by atoms with Gasteiger partial charge in [0.1, 0.15) is 41.3 Å². The molecule has 0 bridgehead atoms. The molecule has 0 saturated heterocycles. The smallest absolute Gasteiger partial charge is 0.420 e. The minimum Gasteiger partial charge on any atom is -0.490 e. The number of nitrogens with one attached hydrogen (secondary N) is 1. The van der Waals surface area contributed by atoms with Crippen LogP contribution in [-0.2, 0) is 22.4 Å². The highest BCUT2D eigenvalue weighted by atomic mass is 28.3. The molecule has 0 saturated carbocycles. The third-order valence-corrected chi connectivity index (χ3v) is 9.43. The third-order valence-electron chi connectivity index (χ3n) is 7.73. The number of amidine groups is 1. The number of aromatic nitrogens is 2. The number of nitriles is 1. The topological polar surface area (TPSA) is 103 Å². The third kappa shape index (κ3) is 8.93. The van der Waals surface area contributed by atoms with E-state index in [1.165, 1.54) is 24.4 Å². The van der Waals surface area contributed by atoms with E-state index in [1.54, 1.807) is 22.8 Å². The summed E-state index contributed by atoms with van der Waals surface area (Å²) in [4.78, 5) is 8.91. The molecule has 2 aromatic carbocycles. The molecule has 49 heavy (non-hydrogen) atoms. The molecule has 0 unspecified atom stereocenters. The molecule has 1 aliphatic heterocycles. The van der Waals surface area contributed by atoms with E-state index in [0.29, 0.717) is 53.2 Å². The fourth-order valence-corrected chi connectivity index (χ4v) is 5.90. The molecule has 1 aliphatic rings. The molecule has 0 radical (unpaired) electrons. The molecule has 0 aliphatic carbocycles. The Kier molecular flexibility index (Phi) is 10.3. The van der Waals surface area contributed by atoms with Crippen LogP contribution in [0.4, 0.5) is 18.9 Å². The van der Waals surface area contributed by atoms with Crippen LogP contribution in [-0.4, -0.2) is 49.5 Å². The molecule has 3 heterocycles. The number of rotatable bonds is 11. The van der Waals surface area contributed by atoms with E-state index in [4.69, 9.17) is 18.9 Å². The van der Waals surface area contributed by atoms with Crippen molar-refractivity contribution in [3.05, 3.63) is 66.0 Å². The van der Waals surface area contributed by atoms with Crippen LogP contribution in [0.3, 0.4) is 0 Å². The number of fused-ring (bicyclic) bond motifs is 1. The van der Waals surface area contributed by atoms with Crippen molar-refractivity contribution in [1.29, 1.82) is 5.26 Å². The van der Waals surface area contributed by atoms with Crippen molar-refractivity contribution in [3.8, 4) is 34.4 Å². The number of hydrogen-bond acceptors (Lipinski definition) is 8.